The van der Waals surface area contributed by atoms with Crippen molar-refractivity contribution in [3.05, 3.63) is 24.3 Å². The van der Waals surface area contributed by atoms with Crippen molar-refractivity contribution in [2.24, 2.45) is 17.6 Å². The molecule has 0 spiro atoms. The molecule has 0 amide bonds. The zero-order chi connectivity index (χ0) is 16.2. The highest BCUT2D eigenvalue weighted by Crippen LogP contribution is 2.24. The third-order valence-electron chi connectivity index (χ3n) is 3.95. The molecule has 1 aromatic carbocycles. The van der Waals surface area contributed by atoms with Crippen LogP contribution in [0.4, 0.5) is 0 Å². The highest BCUT2D eigenvalue weighted by atomic mass is 35.5. The van der Waals surface area contributed by atoms with E-state index in [4.69, 9.17) is 10.5 Å². The smallest absolute Gasteiger partial charge is 0.243 e. The van der Waals surface area contributed by atoms with Crippen LogP contribution >= 0.6 is 12.4 Å². The first-order chi connectivity index (χ1) is 10.4. The molecular formula is C16H27ClN2O3S. The van der Waals surface area contributed by atoms with E-state index < -0.39 is 10.0 Å². The average molecular weight is 363 g/mol. The van der Waals surface area contributed by atoms with Gasteiger partial charge in [0.15, 0.2) is 0 Å². The summed E-state index contributed by atoms with van der Waals surface area (Å²) in [6.45, 7) is 6.51. The van der Waals surface area contributed by atoms with E-state index in [1.807, 2.05) is 0 Å². The van der Waals surface area contributed by atoms with E-state index in [2.05, 4.69) is 13.8 Å². The number of halogens is 1. The monoisotopic (exact) mass is 362 g/mol. The molecule has 2 rings (SSSR count). The minimum atomic E-state index is -3.40. The summed E-state index contributed by atoms with van der Waals surface area (Å²) >= 11 is 0. The van der Waals surface area contributed by atoms with Crippen LogP contribution in [0.3, 0.4) is 0 Å². The lowest BCUT2D eigenvalue weighted by Crippen LogP contribution is -2.39. The summed E-state index contributed by atoms with van der Waals surface area (Å²) in [6.07, 6.45) is 1.68. The second-order valence-corrected chi connectivity index (χ2v) is 8.20. The van der Waals surface area contributed by atoms with Gasteiger partial charge in [-0.2, -0.15) is 4.31 Å². The maximum Gasteiger partial charge on any atom is 0.243 e. The maximum absolute atomic E-state index is 12.6. The Morgan fingerprint density at radius 2 is 1.78 bits per heavy atom. The summed E-state index contributed by atoms with van der Waals surface area (Å²) in [7, 11) is -3.40. The van der Waals surface area contributed by atoms with Crippen molar-refractivity contribution in [2.45, 2.75) is 31.6 Å². The Morgan fingerprint density at radius 3 is 2.26 bits per heavy atom. The second-order valence-electron chi connectivity index (χ2n) is 6.26. The van der Waals surface area contributed by atoms with Crippen LogP contribution in [0.5, 0.6) is 5.75 Å². The highest BCUT2D eigenvalue weighted by Gasteiger charge is 2.28. The van der Waals surface area contributed by atoms with Crippen LogP contribution in [0.25, 0.3) is 0 Å². The standard InChI is InChI=1S/C16H26N2O3S.ClH/c1-13(2)12-21-15-3-5-16(6-4-15)22(19,20)18-9-7-14(11-17)8-10-18;/h3-6,13-14H,7-12,17H2,1-2H3;1H. The molecular weight excluding hydrogens is 336 g/mol. The fourth-order valence-electron chi connectivity index (χ4n) is 2.51. The SMILES string of the molecule is CC(C)COc1ccc(S(=O)(=O)N2CCC(CN)CC2)cc1.Cl. The Morgan fingerprint density at radius 1 is 1.22 bits per heavy atom. The fourth-order valence-corrected chi connectivity index (χ4v) is 3.97. The summed E-state index contributed by atoms with van der Waals surface area (Å²) < 4.78 is 32.4. The lowest BCUT2D eigenvalue weighted by molar-refractivity contribution is 0.270. The lowest BCUT2D eigenvalue weighted by Gasteiger charge is -2.30. The first-order valence-corrected chi connectivity index (χ1v) is 9.30. The molecule has 1 aromatic rings. The van der Waals surface area contributed by atoms with Crippen LogP contribution < -0.4 is 10.5 Å². The molecule has 0 unspecified atom stereocenters. The summed E-state index contributed by atoms with van der Waals surface area (Å²) in [5, 5.41) is 0. The van der Waals surface area contributed by atoms with E-state index in [0.717, 1.165) is 12.8 Å². The van der Waals surface area contributed by atoms with Gasteiger partial charge < -0.3 is 10.5 Å². The molecule has 0 aliphatic carbocycles. The summed E-state index contributed by atoms with van der Waals surface area (Å²) in [4.78, 5) is 0.329. The first kappa shape index (κ1) is 20.2. The molecule has 5 nitrogen and oxygen atoms in total. The molecule has 0 saturated carbocycles. The first-order valence-electron chi connectivity index (χ1n) is 7.86. The van der Waals surface area contributed by atoms with E-state index in [0.29, 0.717) is 48.7 Å². The summed E-state index contributed by atoms with van der Waals surface area (Å²) in [5.74, 6) is 1.58. The Bertz CT molecular complexity index is 567. The minimum absolute atomic E-state index is 0. The average Bonchev–Trinajstić information content (AvgIpc) is 2.53. The molecule has 0 aromatic heterocycles. The van der Waals surface area contributed by atoms with Gasteiger partial charge in [-0.25, -0.2) is 8.42 Å². The number of rotatable bonds is 6. The van der Waals surface area contributed by atoms with Crippen LogP contribution in [0.1, 0.15) is 26.7 Å². The number of piperidine rings is 1. The van der Waals surface area contributed by atoms with Gasteiger partial charge in [0.05, 0.1) is 11.5 Å². The van der Waals surface area contributed by atoms with Crippen molar-refractivity contribution in [1.29, 1.82) is 0 Å². The molecule has 0 radical (unpaired) electrons. The quantitative estimate of drug-likeness (QED) is 0.843. The largest absolute Gasteiger partial charge is 0.493 e. The molecule has 7 heteroatoms. The van der Waals surface area contributed by atoms with Crippen molar-refractivity contribution in [2.75, 3.05) is 26.2 Å². The molecule has 132 valence electrons. The Balaban J connectivity index is 0.00000264. The maximum atomic E-state index is 12.6. The fraction of sp³-hybridized carbons (Fsp3) is 0.625. The van der Waals surface area contributed by atoms with Gasteiger partial charge in [0, 0.05) is 13.1 Å². The van der Waals surface area contributed by atoms with Gasteiger partial charge >= 0.3 is 0 Å². The van der Waals surface area contributed by atoms with Gasteiger partial charge in [-0.3, -0.25) is 0 Å². The summed E-state index contributed by atoms with van der Waals surface area (Å²) in [6, 6.07) is 6.70. The minimum Gasteiger partial charge on any atom is -0.493 e. The van der Waals surface area contributed by atoms with Gasteiger partial charge in [-0.15, -0.1) is 12.4 Å². The zero-order valence-corrected chi connectivity index (χ0v) is 15.4. The van der Waals surface area contributed by atoms with E-state index in [1.54, 1.807) is 28.6 Å². The van der Waals surface area contributed by atoms with Crippen molar-refractivity contribution in [1.82, 2.24) is 4.31 Å². The van der Waals surface area contributed by atoms with Gasteiger partial charge in [0.1, 0.15) is 5.75 Å². The van der Waals surface area contributed by atoms with Gasteiger partial charge in [-0.1, -0.05) is 13.8 Å². The molecule has 1 fully saturated rings. The number of sulfonamides is 1. The third-order valence-corrected chi connectivity index (χ3v) is 5.86. The van der Waals surface area contributed by atoms with Gasteiger partial charge in [-0.05, 0) is 55.5 Å². The molecule has 0 bridgehead atoms. The molecule has 1 saturated heterocycles. The predicted molar refractivity (Wildman–Crippen MR) is 94.6 cm³/mol. The van der Waals surface area contributed by atoms with E-state index >= 15 is 0 Å². The molecule has 23 heavy (non-hydrogen) atoms. The number of hydrogen-bond donors (Lipinski definition) is 1. The van der Waals surface area contributed by atoms with E-state index in [-0.39, 0.29) is 12.4 Å². The Kier molecular flexibility index (Phi) is 7.80. The predicted octanol–water partition coefficient (Wildman–Crippen LogP) is 2.50. The Labute approximate surface area is 145 Å². The number of nitrogens with two attached hydrogens (primary N) is 1. The van der Waals surface area contributed by atoms with Crippen LogP contribution in [0, 0.1) is 11.8 Å². The summed E-state index contributed by atoms with van der Waals surface area (Å²) in [5.41, 5.74) is 5.65. The van der Waals surface area contributed by atoms with E-state index in [9.17, 15) is 8.42 Å². The molecule has 1 aliphatic rings. The molecule has 1 aliphatic heterocycles. The van der Waals surface area contributed by atoms with E-state index in [1.165, 1.54) is 0 Å². The Hall–Kier alpha value is -0.820. The highest BCUT2D eigenvalue weighted by molar-refractivity contribution is 7.89. The molecule has 2 N–H and O–H groups in total. The van der Waals surface area contributed by atoms with Crippen LogP contribution in [-0.4, -0.2) is 39.0 Å². The van der Waals surface area contributed by atoms with Crippen LogP contribution in [-0.2, 0) is 10.0 Å². The normalized spacial score (nSPS) is 17.0. The number of ether oxygens (including phenoxy) is 1. The van der Waals surface area contributed by atoms with Gasteiger partial charge in [0.2, 0.25) is 10.0 Å². The third kappa shape index (κ3) is 5.35. The van der Waals surface area contributed by atoms with Crippen molar-refractivity contribution < 1.29 is 13.2 Å². The van der Waals surface area contributed by atoms with Crippen molar-refractivity contribution >= 4 is 22.4 Å². The van der Waals surface area contributed by atoms with Gasteiger partial charge in [0.25, 0.3) is 0 Å². The van der Waals surface area contributed by atoms with Crippen LogP contribution in [0.2, 0.25) is 0 Å². The van der Waals surface area contributed by atoms with Crippen molar-refractivity contribution in [3.8, 4) is 5.75 Å². The molecule has 0 atom stereocenters. The number of nitrogens with zero attached hydrogens (tertiary/aromatic N) is 1. The number of hydrogen-bond acceptors (Lipinski definition) is 4. The van der Waals surface area contributed by atoms with Crippen molar-refractivity contribution in [3.63, 3.8) is 0 Å². The molecule has 1 heterocycles. The number of benzene rings is 1. The van der Waals surface area contributed by atoms with Crippen LogP contribution in [0.15, 0.2) is 29.2 Å². The lowest BCUT2D eigenvalue weighted by atomic mass is 9.99. The zero-order valence-electron chi connectivity index (χ0n) is 13.8. The topological polar surface area (TPSA) is 72.6 Å². The second kappa shape index (κ2) is 8.87.